The van der Waals surface area contributed by atoms with Crippen molar-refractivity contribution in [3.63, 3.8) is 0 Å². The van der Waals surface area contributed by atoms with Crippen LogP contribution in [-0.2, 0) is 13.0 Å². The van der Waals surface area contributed by atoms with E-state index in [-0.39, 0.29) is 0 Å². The summed E-state index contributed by atoms with van der Waals surface area (Å²) in [4.78, 5) is 8.11. The van der Waals surface area contributed by atoms with E-state index in [9.17, 15) is 5.26 Å². The molecule has 8 rings (SSSR count). The predicted molar refractivity (Wildman–Crippen MR) is 178 cm³/mol. The highest BCUT2D eigenvalue weighted by Gasteiger charge is 2.19. The zero-order chi connectivity index (χ0) is 29.6. The zero-order valence-corrected chi connectivity index (χ0v) is 23.8. The first-order valence-corrected chi connectivity index (χ1v) is 14.6. The standard InChI is InChI=1S/C39H25N5/c1-41-30-21-27(23-40)20-28(22-30)29-19-26(24-42-25-29)17-18-43-35-13-7-5-11-32(35)33-15-16-37-38(39(33)43)34-12-6-8-14-36(34)44(37)31-9-3-2-4-10-31/h2-16,19-22,24-25H,17-18H2. The van der Waals surface area contributed by atoms with E-state index in [1.165, 1.54) is 43.6 Å². The van der Waals surface area contributed by atoms with Crippen molar-refractivity contribution in [3.05, 3.63) is 150 Å². The summed E-state index contributed by atoms with van der Waals surface area (Å²) in [6, 6.07) is 42.0. The first-order valence-electron chi connectivity index (χ1n) is 14.6. The first kappa shape index (κ1) is 25.5. The third kappa shape index (κ3) is 4.03. The van der Waals surface area contributed by atoms with Crippen LogP contribution in [0, 0.1) is 17.9 Å². The van der Waals surface area contributed by atoms with Crippen LogP contribution in [-0.4, -0.2) is 14.1 Å². The minimum Gasteiger partial charge on any atom is -0.340 e. The highest BCUT2D eigenvalue weighted by molar-refractivity contribution is 6.25. The maximum atomic E-state index is 9.48. The number of aromatic nitrogens is 3. The molecule has 0 aliphatic rings. The monoisotopic (exact) mass is 563 g/mol. The van der Waals surface area contributed by atoms with Gasteiger partial charge in [0.2, 0.25) is 0 Å². The van der Waals surface area contributed by atoms with Gasteiger partial charge < -0.3 is 9.13 Å². The van der Waals surface area contributed by atoms with Crippen LogP contribution < -0.4 is 0 Å². The number of aryl methyl sites for hydroxylation is 2. The van der Waals surface area contributed by atoms with E-state index in [2.05, 4.69) is 122 Å². The Morgan fingerprint density at radius 1 is 0.705 bits per heavy atom. The predicted octanol–water partition coefficient (Wildman–Crippen LogP) is 9.62. The van der Waals surface area contributed by atoms with Crippen LogP contribution in [0.25, 0.3) is 65.3 Å². The van der Waals surface area contributed by atoms with E-state index in [0.717, 1.165) is 35.3 Å². The smallest absolute Gasteiger partial charge is 0.189 e. The van der Waals surface area contributed by atoms with Gasteiger partial charge in [-0.05, 0) is 77.7 Å². The molecule has 0 N–H and O–H groups in total. The largest absolute Gasteiger partial charge is 0.340 e. The Hall–Kier alpha value is -6.17. The van der Waals surface area contributed by atoms with Gasteiger partial charge in [0.15, 0.2) is 5.69 Å². The Labute approximate surface area is 254 Å². The number of para-hydroxylation sites is 3. The number of nitriles is 1. The summed E-state index contributed by atoms with van der Waals surface area (Å²) in [5, 5.41) is 14.5. The molecule has 5 heteroatoms. The van der Waals surface area contributed by atoms with Crippen molar-refractivity contribution < 1.29 is 0 Å². The molecule has 0 radical (unpaired) electrons. The fraction of sp³-hybridized carbons (Fsp3) is 0.0513. The van der Waals surface area contributed by atoms with Gasteiger partial charge in [0.25, 0.3) is 0 Å². The molecule has 206 valence electrons. The molecule has 0 unspecified atom stereocenters. The lowest BCUT2D eigenvalue weighted by molar-refractivity contribution is 0.744. The fourth-order valence-corrected chi connectivity index (χ4v) is 6.61. The number of pyridine rings is 1. The Morgan fingerprint density at radius 2 is 1.48 bits per heavy atom. The Balaban J connectivity index is 1.30. The molecule has 0 bridgehead atoms. The van der Waals surface area contributed by atoms with Crippen molar-refractivity contribution in [2.75, 3.05) is 0 Å². The molecule has 5 nitrogen and oxygen atoms in total. The highest BCUT2D eigenvalue weighted by atomic mass is 15.0. The molecule has 44 heavy (non-hydrogen) atoms. The molecule has 0 aliphatic carbocycles. The van der Waals surface area contributed by atoms with E-state index in [1.54, 1.807) is 12.3 Å². The summed E-state index contributed by atoms with van der Waals surface area (Å²) in [5.74, 6) is 0. The van der Waals surface area contributed by atoms with Crippen molar-refractivity contribution in [2.24, 2.45) is 0 Å². The highest BCUT2D eigenvalue weighted by Crippen LogP contribution is 2.40. The molecular formula is C39H25N5. The van der Waals surface area contributed by atoms with E-state index < -0.39 is 0 Å². The molecule has 0 saturated carbocycles. The maximum Gasteiger partial charge on any atom is 0.189 e. The molecule has 0 saturated heterocycles. The number of fused-ring (bicyclic) bond motifs is 7. The summed E-state index contributed by atoms with van der Waals surface area (Å²) in [5.41, 5.74) is 9.72. The van der Waals surface area contributed by atoms with E-state index in [1.807, 2.05) is 18.3 Å². The van der Waals surface area contributed by atoms with E-state index in [4.69, 9.17) is 6.57 Å². The molecule has 0 amide bonds. The van der Waals surface area contributed by atoms with E-state index >= 15 is 0 Å². The summed E-state index contributed by atoms with van der Waals surface area (Å²) in [7, 11) is 0. The van der Waals surface area contributed by atoms with Crippen LogP contribution in [0.1, 0.15) is 11.1 Å². The molecular weight excluding hydrogens is 538 g/mol. The molecule has 3 aromatic heterocycles. The van der Waals surface area contributed by atoms with Gasteiger partial charge in [-0.1, -0.05) is 60.7 Å². The van der Waals surface area contributed by atoms with Crippen LogP contribution in [0.2, 0.25) is 0 Å². The van der Waals surface area contributed by atoms with Gasteiger partial charge in [0.05, 0.1) is 29.2 Å². The zero-order valence-electron chi connectivity index (χ0n) is 23.8. The van der Waals surface area contributed by atoms with Gasteiger partial charge in [-0.15, -0.1) is 0 Å². The molecule has 0 atom stereocenters. The minimum atomic E-state index is 0.452. The Bertz CT molecular complexity index is 2440. The van der Waals surface area contributed by atoms with Gasteiger partial charge >= 0.3 is 0 Å². The van der Waals surface area contributed by atoms with Gasteiger partial charge in [0.1, 0.15) is 0 Å². The third-order valence-electron chi connectivity index (χ3n) is 8.51. The second-order valence-corrected chi connectivity index (χ2v) is 11.0. The third-order valence-corrected chi connectivity index (χ3v) is 8.51. The van der Waals surface area contributed by atoms with Crippen LogP contribution in [0.15, 0.2) is 128 Å². The average Bonchev–Trinajstić information content (AvgIpc) is 3.60. The molecule has 8 aromatic rings. The van der Waals surface area contributed by atoms with E-state index in [0.29, 0.717) is 11.3 Å². The van der Waals surface area contributed by atoms with Crippen LogP contribution >= 0.6 is 0 Å². The van der Waals surface area contributed by atoms with Crippen molar-refractivity contribution in [3.8, 4) is 22.9 Å². The van der Waals surface area contributed by atoms with Gasteiger partial charge in [-0.25, -0.2) is 4.85 Å². The average molecular weight is 564 g/mol. The van der Waals surface area contributed by atoms with Crippen LogP contribution in [0.5, 0.6) is 0 Å². The lowest BCUT2D eigenvalue weighted by Crippen LogP contribution is -2.02. The number of hydrogen-bond acceptors (Lipinski definition) is 2. The van der Waals surface area contributed by atoms with Gasteiger partial charge in [-0.3, -0.25) is 4.98 Å². The summed E-state index contributed by atoms with van der Waals surface area (Å²) in [6.45, 7) is 8.22. The molecule has 5 aromatic carbocycles. The molecule has 3 heterocycles. The summed E-state index contributed by atoms with van der Waals surface area (Å²) in [6.07, 6.45) is 4.49. The van der Waals surface area contributed by atoms with Crippen LogP contribution in [0.4, 0.5) is 5.69 Å². The van der Waals surface area contributed by atoms with Crippen molar-refractivity contribution in [1.82, 2.24) is 14.1 Å². The number of nitrogens with zero attached hydrogens (tertiary/aromatic N) is 5. The van der Waals surface area contributed by atoms with Crippen molar-refractivity contribution in [1.29, 1.82) is 5.26 Å². The topological polar surface area (TPSA) is 50.9 Å². The quantitative estimate of drug-likeness (QED) is 0.196. The Kier molecular flexibility index (Phi) is 5.96. The molecule has 0 aliphatic heterocycles. The van der Waals surface area contributed by atoms with Crippen molar-refractivity contribution >= 4 is 49.3 Å². The second kappa shape index (κ2) is 10.3. The molecule has 0 fully saturated rings. The van der Waals surface area contributed by atoms with Gasteiger partial charge in [0, 0.05) is 57.3 Å². The lowest BCUT2D eigenvalue weighted by atomic mass is 10.0. The first-order chi connectivity index (χ1) is 21.7. The van der Waals surface area contributed by atoms with Gasteiger partial charge in [-0.2, -0.15) is 5.26 Å². The van der Waals surface area contributed by atoms with Crippen molar-refractivity contribution in [2.45, 2.75) is 13.0 Å². The maximum absolute atomic E-state index is 9.48. The molecule has 0 spiro atoms. The minimum absolute atomic E-state index is 0.452. The number of benzene rings is 5. The number of rotatable bonds is 5. The fourth-order valence-electron chi connectivity index (χ4n) is 6.61. The SMILES string of the molecule is [C-]#[N+]c1cc(C#N)cc(-c2cncc(CCn3c4ccccc4c4ccc5c(c6ccccc6n5-c5ccccc5)c43)c2)c1. The lowest BCUT2D eigenvalue weighted by Gasteiger charge is -2.11. The normalized spacial score (nSPS) is 11.3. The summed E-state index contributed by atoms with van der Waals surface area (Å²) < 4.78 is 4.83. The van der Waals surface area contributed by atoms with Crippen LogP contribution in [0.3, 0.4) is 0 Å². The second-order valence-electron chi connectivity index (χ2n) is 11.0. The Morgan fingerprint density at radius 3 is 2.30 bits per heavy atom. The summed E-state index contributed by atoms with van der Waals surface area (Å²) >= 11 is 0. The number of hydrogen-bond donors (Lipinski definition) is 0.